The second kappa shape index (κ2) is 7.02. The number of ether oxygens (including phenoxy) is 2. The molecule has 0 aromatic heterocycles. The molecule has 0 aliphatic carbocycles. The van der Waals surface area contributed by atoms with Crippen LogP contribution in [0.5, 0.6) is 5.75 Å². The number of carbonyl (C=O) groups excluding carboxylic acids is 1. The Kier molecular flexibility index (Phi) is 5.67. The summed E-state index contributed by atoms with van der Waals surface area (Å²) in [6.45, 7) is 8.80. The number of alkyl carbamates (subject to hydrolysis) is 1. The summed E-state index contributed by atoms with van der Waals surface area (Å²) in [5.41, 5.74) is 0.963. The van der Waals surface area contributed by atoms with Gasteiger partial charge in [-0.3, -0.25) is 0 Å². The van der Waals surface area contributed by atoms with Crippen LogP contribution in [0.4, 0.5) is 4.79 Å². The standard InChI is InChI=1S/C15H23NO3/c1-5-18-14(17)16-11-10-12-6-8-13(9-7-12)19-15(2,3)4/h6-9H,5,10-11H2,1-4H3,(H,16,17). The highest BCUT2D eigenvalue weighted by molar-refractivity contribution is 5.67. The molecular weight excluding hydrogens is 242 g/mol. The van der Waals surface area contributed by atoms with E-state index >= 15 is 0 Å². The summed E-state index contributed by atoms with van der Waals surface area (Å²) in [6, 6.07) is 7.91. The van der Waals surface area contributed by atoms with Gasteiger partial charge in [0.15, 0.2) is 0 Å². The lowest BCUT2D eigenvalue weighted by molar-refractivity contribution is 0.131. The fourth-order valence-corrected chi connectivity index (χ4v) is 1.57. The van der Waals surface area contributed by atoms with Gasteiger partial charge < -0.3 is 14.8 Å². The molecule has 0 fully saturated rings. The minimum atomic E-state index is -0.366. The number of hydrogen-bond donors (Lipinski definition) is 1. The zero-order valence-corrected chi connectivity index (χ0v) is 12.2. The van der Waals surface area contributed by atoms with Gasteiger partial charge in [-0.1, -0.05) is 12.1 Å². The zero-order chi connectivity index (χ0) is 14.3. The van der Waals surface area contributed by atoms with Crippen molar-refractivity contribution in [3.8, 4) is 5.75 Å². The molecule has 0 spiro atoms. The van der Waals surface area contributed by atoms with Crippen LogP contribution in [-0.4, -0.2) is 24.8 Å². The van der Waals surface area contributed by atoms with Crippen molar-refractivity contribution in [2.75, 3.05) is 13.2 Å². The first-order valence-corrected chi connectivity index (χ1v) is 6.59. The maximum Gasteiger partial charge on any atom is 0.407 e. The van der Waals surface area contributed by atoms with Crippen LogP contribution in [0, 0.1) is 0 Å². The maximum absolute atomic E-state index is 11.1. The third-order valence-electron chi connectivity index (χ3n) is 2.31. The van der Waals surface area contributed by atoms with E-state index in [4.69, 9.17) is 9.47 Å². The molecule has 1 rings (SSSR count). The molecule has 0 saturated heterocycles. The molecule has 1 aromatic carbocycles. The van der Waals surface area contributed by atoms with Gasteiger partial charge in [0.25, 0.3) is 0 Å². The number of hydrogen-bond acceptors (Lipinski definition) is 3. The quantitative estimate of drug-likeness (QED) is 0.889. The zero-order valence-electron chi connectivity index (χ0n) is 12.2. The fourth-order valence-electron chi connectivity index (χ4n) is 1.57. The van der Waals surface area contributed by atoms with E-state index in [1.54, 1.807) is 6.92 Å². The molecule has 4 heteroatoms. The Morgan fingerprint density at radius 3 is 2.37 bits per heavy atom. The minimum absolute atomic E-state index is 0.188. The largest absolute Gasteiger partial charge is 0.488 e. The maximum atomic E-state index is 11.1. The highest BCUT2D eigenvalue weighted by Gasteiger charge is 2.11. The Labute approximate surface area is 115 Å². The van der Waals surface area contributed by atoms with Crippen molar-refractivity contribution in [1.82, 2.24) is 5.32 Å². The van der Waals surface area contributed by atoms with Crippen molar-refractivity contribution in [3.63, 3.8) is 0 Å². The minimum Gasteiger partial charge on any atom is -0.488 e. The molecule has 0 aliphatic heterocycles. The van der Waals surface area contributed by atoms with Crippen molar-refractivity contribution >= 4 is 6.09 Å². The first-order valence-electron chi connectivity index (χ1n) is 6.59. The van der Waals surface area contributed by atoms with Gasteiger partial charge in [0.05, 0.1) is 6.61 Å². The molecule has 1 N–H and O–H groups in total. The average Bonchev–Trinajstić information content (AvgIpc) is 2.30. The van der Waals surface area contributed by atoms with Crippen LogP contribution in [0.15, 0.2) is 24.3 Å². The summed E-state index contributed by atoms with van der Waals surface area (Å²) in [4.78, 5) is 11.1. The summed E-state index contributed by atoms with van der Waals surface area (Å²) in [7, 11) is 0. The van der Waals surface area contributed by atoms with Gasteiger partial charge in [0.1, 0.15) is 11.4 Å². The Hall–Kier alpha value is -1.71. The molecule has 0 radical (unpaired) electrons. The molecular formula is C15H23NO3. The SMILES string of the molecule is CCOC(=O)NCCc1ccc(OC(C)(C)C)cc1. The number of nitrogens with one attached hydrogen (secondary N) is 1. The normalized spacial score (nSPS) is 10.9. The third kappa shape index (κ3) is 6.70. The molecule has 1 amide bonds. The van der Waals surface area contributed by atoms with Crippen LogP contribution < -0.4 is 10.1 Å². The van der Waals surface area contributed by atoms with Crippen molar-refractivity contribution in [3.05, 3.63) is 29.8 Å². The lowest BCUT2D eigenvalue weighted by atomic mass is 10.1. The number of carbonyl (C=O) groups is 1. The molecule has 1 aromatic rings. The van der Waals surface area contributed by atoms with Gasteiger partial charge in [-0.25, -0.2) is 4.79 Å². The predicted molar refractivity (Wildman–Crippen MR) is 75.6 cm³/mol. The molecule has 0 unspecified atom stereocenters. The van der Waals surface area contributed by atoms with Crippen LogP contribution in [0.25, 0.3) is 0 Å². The average molecular weight is 265 g/mol. The van der Waals surface area contributed by atoms with Gasteiger partial charge in [0.2, 0.25) is 0 Å². The van der Waals surface area contributed by atoms with Crippen LogP contribution in [0.1, 0.15) is 33.3 Å². The van der Waals surface area contributed by atoms with E-state index in [0.717, 1.165) is 17.7 Å². The van der Waals surface area contributed by atoms with Crippen molar-refractivity contribution in [1.29, 1.82) is 0 Å². The van der Waals surface area contributed by atoms with E-state index < -0.39 is 0 Å². The topological polar surface area (TPSA) is 47.6 Å². The summed E-state index contributed by atoms with van der Waals surface area (Å²) < 4.78 is 10.5. The molecule has 19 heavy (non-hydrogen) atoms. The lowest BCUT2D eigenvalue weighted by Gasteiger charge is -2.21. The van der Waals surface area contributed by atoms with Crippen molar-refractivity contribution in [2.45, 2.75) is 39.7 Å². The van der Waals surface area contributed by atoms with E-state index in [-0.39, 0.29) is 11.7 Å². The first kappa shape index (κ1) is 15.3. The van der Waals surface area contributed by atoms with E-state index in [1.807, 2.05) is 45.0 Å². The number of rotatable bonds is 5. The van der Waals surface area contributed by atoms with Crippen LogP contribution in [-0.2, 0) is 11.2 Å². The molecule has 4 nitrogen and oxygen atoms in total. The highest BCUT2D eigenvalue weighted by Crippen LogP contribution is 2.18. The monoisotopic (exact) mass is 265 g/mol. The number of benzene rings is 1. The molecule has 0 aliphatic rings. The second-order valence-electron chi connectivity index (χ2n) is 5.26. The third-order valence-corrected chi connectivity index (χ3v) is 2.31. The Morgan fingerprint density at radius 1 is 1.21 bits per heavy atom. The van der Waals surface area contributed by atoms with Crippen LogP contribution in [0.2, 0.25) is 0 Å². The summed E-state index contributed by atoms with van der Waals surface area (Å²) in [5, 5.41) is 2.69. The van der Waals surface area contributed by atoms with Gasteiger partial charge >= 0.3 is 6.09 Å². The first-order chi connectivity index (χ1) is 8.90. The van der Waals surface area contributed by atoms with Gasteiger partial charge in [-0.2, -0.15) is 0 Å². The van der Waals surface area contributed by atoms with Crippen molar-refractivity contribution in [2.24, 2.45) is 0 Å². The van der Waals surface area contributed by atoms with Gasteiger partial charge in [-0.05, 0) is 51.8 Å². The molecule has 0 saturated carbocycles. The van der Waals surface area contributed by atoms with Gasteiger partial charge in [-0.15, -0.1) is 0 Å². The Balaban J connectivity index is 2.38. The highest BCUT2D eigenvalue weighted by atomic mass is 16.5. The van der Waals surface area contributed by atoms with Gasteiger partial charge in [0, 0.05) is 6.54 Å². The van der Waals surface area contributed by atoms with E-state index in [1.165, 1.54) is 0 Å². The lowest BCUT2D eigenvalue weighted by Crippen LogP contribution is -2.26. The second-order valence-corrected chi connectivity index (χ2v) is 5.26. The van der Waals surface area contributed by atoms with E-state index in [9.17, 15) is 4.79 Å². The van der Waals surface area contributed by atoms with Crippen LogP contribution in [0.3, 0.4) is 0 Å². The molecule has 0 atom stereocenters. The number of amides is 1. The van der Waals surface area contributed by atoms with E-state index in [2.05, 4.69) is 5.32 Å². The smallest absolute Gasteiger partial charge is 0.407 e. The molecule has 106 valence electrons. The Morgan fingerprint density at radius 2 is 1.84 bits per heavy atom. The molecule has 0 heterocycles. The predicted octanol–water partition coefficient (Wildman–Crippen LogP) is 3.15. The van der Waals surface area contributed by atoms with Crippen molar-refractivity contribution < 1.29 is 14.3 Å². The Bertz CT molecular complexity index is 393. The van der Waals surface area contributed by atoms with Crippen LogP contribution >= 0.6 is 0 Å². The fraction of sp³-hybridized carbons (Fsp3) is 0.533. The summed E-state index contributed by atoms with van der Waals surface area (Å²) in [6.07, 6.45) is 0.407. The van der Waals surface area contributed by atoms with E-state index in [0.29, 0.717) is 13.2 Å². The molecule has 0 bridgehead atoms. The summed E-state index contributed by atoms with van der Waals surface area (Å²) in [5.74, 6) is 0.856. The summed E-state index contributed by atoms with van der Waals surface area (Å²) >= 11 is 0.